The molecule has 25 heavy (non-hydrogen) atoms. The van der Waals surface area contributed by atoms with E-state index in [1.807, 2.05) is 24.3 Å². The van der Waals surface area contributed by atoms with Crippen LogP contribution in [-0.4, -0.2) is 23.0 Å². The number of nitriles is 1. The van der Waals surface area contributed by atoms with E-state index in [2.05, 4.69) is 10.3 Å². The molecule has 0 aliphatic carbocycles. The predicted molar refractivity (Wildman–Crippen MR) is 93.0 cm³/mol. The molecule has 1 aromatic heterocycles. The van der Waals surface area contributed by atoms with Crippen LogP contribution in [0.2, 0.25) is 0 Å². The first kappa shape index (κ1) is 16.3. The van der Waals surface area contributed by atoms with E-state index in [4.69, 9.17) is 10.00 Å². The number of hydrogen-bond donors (Lipinski definition) is 2. The number of amides is 1. The van der Waals surface area contributed by atoms with Crippen LogP contribution < -0.4 is 5.32 Å². The molecule has 6 nitrogen and oxygen atoms in total. The number of aromatic nitrogens is 1. The van der Waals surface area contributed by atoms with Crippen molar-refractivity contribution in [3.05, 3.63) is 65.9 Å². The molecule has 0 bridgehead atoms. The second-order valence-corrected chi connectivity index (χ2v) is 5.48. The number of carbonyl (C=O) groups is 2. The third-order valence-electron chi connectivity index (χ3n) is 3.72. The molecule has 1 atom stereocenters. The van der Waals surface area contributed by atoms with Gasteiger partial charge in [-0.05, 0) is 31.2 Å². The quantitative estimate of drug-likeness (QED) is 0.717. The van der Waals surface area contributed by atoms with E-state index in [1.165, 1.54) is 6.92 Å². The number of ether oxygens (including phenoxy) is 1. The van der Waals surface area contributed by atoms with Crippen LogP contribution in [0.25, 0.3) is 10.9 Å². The van der Waals surface area contributed by atoms with Gasteiger partial charge in [0.2, 0.25) is 0 Å². The van der Waals surface area contributed by atoms with Gasteiger partial charge in [-0.15, -0.1) is 0 Å². The van der Waals surface area contributed by atoms with Gasteiger partial charge in [0, 0.05) is 22.8 Å². The van der Waals surface area contributed by atoms with E-state index in [0.717, 1.165) is 10.9 Å². The summed E-state index contributed by atoms with van der Waals surface area (Å²) in [6, 6.07) is 15.8. The van der Waals surface area contributed by atoms with Gasteiger partial charge in [-0.1, -0.05) is 24.3 Å². The molecule has 0 spiro atoms. The Morgan fingerprint density at radius 1 is 1.20 bits per heavy atom. The van der Waals surface area contributed by atoms with E-state index in [9.17, 15) is 9.59 Å². The van der Waals surface area contributed by atoms with Crippen molar-refractivity contribution in [2.75, 3.05) is 5.32 Å². The third-order valence-corrected chi connectivity index (χ3v) is 3.72. The number of rotatable bonds is 4. The average molecular weight is 333 g/mol. The first-order chi connectivity index (χ1) is 12.1. The average Bonchev–Trinajstić information content (AvgIpc) is 3.06. The van der Waals surface area contributed by atoms with Crippen molar-refractivity contribution in [3.63, 3.8) is 0 Å². The van der Waals surface area contributed by atoms with Crippen LogP contribution in [0.4, 0.5) is 5.69 Å². The normalized spacial score (nSPS) is 11.5. The number of carbonyl (C=O) groups excluding carboxylic acids is 2. The molecule has 0 aliphatic rings. The molecule has 0 saturated carbocycles. The molecule has 0 radical (unpaired) electrons. The lowest BCUT2D eigenvalue weighted by molar-refractivity contribution is -0.123. The number of esters is 1. The first-order valence-corrected chi connectivity index (χ1v) is 7.66. The minimum atomic E-state index is -0.980. The predicted octanol–water partition coefficient (Wildman–Crippen LogP) is 3.22. The number of fused-ring (bicyclic) bond motifs is 1. The Kier molecular flexibility index (Phi) is 4.48. The van der Waals surface area contributed by atoms with Gasteiger partial charge < -0.3 is 15.0 Å². The summed E-state index contributed by atoms with van der Waals surface area (Å²) >= 11 is 0. The third kappa shape index (κ3) is 3.51. The molecule has 0 saturated heterocycles. The largest absolute Gasteiger partial charge is 0.449 e. The fourth-order valence-corrected chi connectivity index (χ4v) is 2.43. The highest BCUT2D eigenvalue weighted by Gasteiger charge is 2.21. The summed E-state index contributed by atoms with van der Waals surface area (Å²) in [6.45, 7) is 1.50. The highest BCUT2D eigenvalue weighted by Crippen LogP contribution is 2.19. The molecule has 6 heteroatoms. The molecule has 1 amide bonds. The highest BCUT2D eigenvalue weighted by molar-refractivity contribution is 6.05. The second kappa shape index (κ2) is 6.89. The fraction of sp³-hybridized carbons (Fsp3) is 0.105. The van der Waals surface area contributed by atoms with Crippen LogP contribution in [0, 0.1) is 11.3 Å². The maximum atomic E-state index is 12.3. The highest BCUT2D eigenvalue weighted by atomic mass is 16.5. The maximum absolute atomic E-state index is 12.3. The molecule has 2 N–H and O–H groups in total. The molecule has 1 heterocycles. The van der Waals surface area contributed by atoms with E-state index < -0.39 is 18.0 Å². The standard InChI is InChI=1S/C19H15N3O3/c1-12(18(23)22-14-6-4-5-13(9-14)10-20)25-19(24)16-11-21-17-8-3-2-7-15(16)17/h2-9,11-12,21H,1H3,(H,22,23)/t12-/m1/s1. The van der Waals surface area contributed by atoms with Crippen molar-refractivity contribution < 1.29 is 14.3 Å². The summed E-state index contributed by atoms with van der Waals surface area (Å²) in [5.41, 5.74) is 2.10. The Bertz CT molecular complexity index is 985. The SMILES string of the molecule is C[C@@H](OC(=O)c1c[nH]c2ccccc12)C(=O)Nc1cccc(C#N)c1. The Labute approximate surface area is 144 Å². The molecule has 0 aliphatic heterocycles. The Morgan fingerprint density at radius 3 is 2.80 bits per heavy atom. The fourth-order valence-electron chi connectivity index (χ4n) is 2.43. The smallest absolute Gasteiger partial charge is 0.341 e. The zero-order chi connectivity index (χ0) is 17.8. The summed E-state index contributed by atoms with van der Waals surface area (Å²) < 4.78 is 5.26. The zero-order valence-corrected chi connectivity index (χ0v) is 13.4. The Balaban J connectivity index is 1.68. The van der Waals surface area contributed by atoms with Crippen LogP contribution in [0.15, 0.2) is 54.7 Å². The molecular weight excluding hydrogens is 318 g/mol. The van der Waals surface area contributed by atoms with Crippen LogP contribution in [-0.2, 0) is 9.53 Å². The number of H-pyrrole nitrogens is 1. The lowest BCUT2D eigenvalue weighted by atomic mass is 10.2. The topological polar surface area (TPSA) is 95.0 Å². The summed E-state index contributed by atoms with van der Waals surface area (Å²) in [6.07, 6.45) is 0.584. The summed E-state index contributed by atoms with van der Waals surface area (Å²) in [5.74, 6) is -1.05. The molecule has 124 valence electrons. The molecule has 3 aromatic rings. The summed E-state index contributed by atoms with van der Waals surface area (Å²) in [5, 5.41) is 12.2. The maximum Gasteiger partial charge on any atom is 0.341 e. The lowest BCUT2D eigenvalue weighted by Gasteiger charge is -2.13. The number of nitrogens with zero attached hydrogens (tertiary/aromatic N) is 1. The van der Waals surface area contributed by atoms with E-state index in [0.29, 0.717) is 16.8 Å². The van der Waals surface area contributed by atoms with Crippen molar-refractivity contribution in [3.8, 4) is 6.07 Å². The Hall–Kier alpha value is -3.59. The van der Waals surface area contributed by atoms with E-state index in [-0.39, 0.29) is 0 Å². The first-order valence-electron chi connectivity index (χ1n) is 7.66. The van der Waals surface area contributed by atoms with Crippen molar-refractivity contribution in [1.82, 2.24) is 4.98 Å². The second-order valence-electron chi connectivity index (χ2n) is 5.48. The van der Waals surface area contributed by atoms with Crippen LogP contribution in [0.3, 0.4) is 0 Å². The van der Waals surface area contributed by atoms with Crippen LogP contribution >= 0.6 is 0 Å². The van der Waals surface area contributed by atoms with Crippen molar-refractivity contribution in [1.29, 1.82) is 5.26 Å². The van der Waals surface area contributed by atoms with E-state index >= 15 is 0 Å². The number of anilines is 1. The number of aromatic amines is 1. The summed E-state index contributed by atoms with van der Waals surface area (Å²) in [4.78, 5) is 27.5. The monoisotopic (exact) mass is 333 g/mol. The van der Waals surface area contributed by atoms with Gasteiger partial charge >= 0.3 is 5.97 Å². The number of hydrogen-bond acceptors (Lipinski definition) is 4. The molecular formula is C19H15N3O3. The molecule has 3 rings (SSSR count). The number of nitrogens with one attached hydrogen (secondary N) is 2. The molecule has 2 aromatic carbocycles. The van der Waals surface area contributed by atoms with Crippen molar-refractivity contribution in [2.45, 2.75) is 13.0 Å². The summed E-state index contributed by atoms with van der Waals surface area (Å²) in [7, 11) is 0. The van der Waals surface area contributed by atoms with Gasteiger partial charge in [0.1, 0.15) is 0 Å². The van der Waals surface area contributed by atoms with Crippen molar-refractivity contribution >= 4 is 28.5 Å². The lowest BCUT2D eigenvalue weighted by Crippen LogP contribution is -2.30. The van der Waals surface area contributed by atoms with Crippen molar-refractivity contribution in [2.24, 2.45) is 0 Å². The van der Waals surface area contributed by atoms with Gasteiger partial charge in [0.05, 0.1) is 17.2 Å². The minimum absolute atomic E-state index is 0.377. The van der Waals surface area contributed by atoms with Gasteiger partial charge in [0.15, 0.2) is 6.10 Å². The van der Waals surface area contributed by atoms with Gasteiger partial charge in [-0.2, -0.15) is 5.26 Å². The molecule has 0 fully saturated rings. The van der Waals surface area contributed by atoms with Gasteiger partial charge in [0.25, 0.3) is 5.91 Å². The van der Waals surface area contributed by atoms with Crippen LogP contribution in [0.1, 0.15) is 22.8 Å². The molecule has 0 unspecified atom stereocenters. The van der Waals surface area contributed by atoms with Gasteiger partial charge in [-0.25, -0.2) is 4.79 Å². The number of para-hydroxylation sites is 1. The zero-order valence-electron chi connectivity index (χ0n) is 13.4. The number of benzene rings is 2. The Morgan fingerprint density at radius 2 is 2.00 bits per heavy atom. The van der Waals surface area contributed by atoms with E-state index in [1.54, 1.807) is 36.5 Å². The van der Waals surface area contributed by atoms with Crippen LogP contribution in [0.5, 0.6) is 0 Å². The van der Waals surface area contributed by atoms with Gasteiger partial charge in [-0.3, -0.25) is 4.79 Å². The minimum Gasteiger partial charge on any atom is -0.449 e.